The number of pyridine rings is 1. The molecule has 6 nitrogen and oxygen atoms in total. The maximum absolute atomic E-state index is 6.45. The number of halogens is 1. The monoisotopic (exact) mass is 372 g/mol. The van der Waals surface area contributed by atoms with E-state index >= 15 is 0 Å². The van der Waals surface area contributed by atoms with E-state index in [1.54, 1.807) is 10.9 Å². The molecule has 0 saturated carbocycles. The summed E-state index contributed by atoms with van der Waals surface area (Å²) in [4.78, 5) is 13.3. The van der Waals surface area contributed by atoms with Gasteiger partial charge in [-0.15, -0.1) is 0 Å². The topological polar surface area (TPSA) is 82.5 Å². The average Bonchev–Trinajstić information content (AvgIpc) is 3.12. The lowest BCUT2D eigenvalue weighted by Gasteiger charge is -2.10. The van der Waals surface area contributed by atoms with Gasteiger partial charge in [0.1, 0.15) is 11.5 Å². The first-order valence-corrected chi connectivity index (χ1v) is 8.69. The second-order valence-corrected chi connectivity index (χ2v) is 6.54. The van der Waals surface area contributed by atoms with Crippen molar-refractivity contribution < 1.29 is 0 Å². The zero-order valence-electron chi connectivity index (χ0n) is 14.0. The number of hydrogen-bond donors (Lipinski definition) is 1. The van der Waals surface area contributed by atoms with Crippen LogP contribution in [0.1, 0.15) is 0 Å². The Balaban J connectivity index is 1.76. The lowest BCUT2D eigenvalue weighted by Crippen LogP contribution is -2.05. The summed E-state index contributed by atoms with van der Waals surface area (Å²) in [6, 6.07) is 15.5. The van der Waals surface area contributed by atoms with Crippen molar-refractivity contribution in [1.82, 2.24) is 24.7 Å². The van der Waals surface area contributed by atoms with Gasteiger partial charge in [-0.3, -0.25) is 4.98 Å². The second-order valence-electron chi connectivity index (χ2n) is 6.13. The molecular formula is C20H13ClN6. The SMILES string of the molecule is Nc1cnc(-c2cc(Cl)c3ncccc3c2)c(-n2cc3ccccc3n2)n1. The van der Waals surface area contributed by atoms with Crippen LogP contribution in [0.15, 0.2) is 67.1 Å². The molecule has 0 saturated heterocycles. The third-order valence-corrected chi connectivity index (χ3v) is 4.62. The molecule has 0 aliphatic rings. The van der Waals surface area contributed by atoms with Gasteiger partial charge in [-0.25, -0.2) is 14.6 Å². The van der Waals surface area contributed by atoms with Crippen molar-refractivity contribution in [3.8, 4) is 17.1 Å². The smallest absolute Gasteiger partial charge is 0.182 e. The van der Waals surface area contributed by atoms with Crippen LogP contribution in [0.3, 0.4) is 0 Å². The molecule has 5 aromatic rings. The quantitative estimate of drug-likeness (QED) is 0.500. The number of aromatic nitrogens is 5. The summed E-state index contributed by atoms with van der Waals surface area (Å²) in [5.74, 6) is 0.868. The second kappa shape index (κ2) is 6.03. The molecular weight excluding hydrogens is 360 g/mol. The summed E-state index contributed by atoms with van der Waals surface area (Å²) in [6.07, 6.45) is 5.16. The van der Waals surface area contributed by atoms with Crippen LogP contribution in [0.2, 0.25) is 5.02 Å². The molecule has 3 aromatic heterocycles. The van der Waals surface area contributed by atoms with E-state index in [2.05, 4.69) is 20.1 Å². The summed E-state index contributed by atoms with van der Waals surface area (Å²) in [6.45, 7) is 0. The van der Waals surface area contributed by atoms with E-state index in [4.69, 9.17) is 17.3 Å². The van der Waals surface area contributed by atoms with Gasteiger partial charge in [0.2, 0.25) is 0 Å². The van der Waals surface area contributed by atoms with Crippen LogP contribution in [0.4, 0.5) is 5.82 Å². The van der Waals surface area contributed by atoms with Gasteiger partial charge >= 0.3 is 0 Å². The van der Waals surface area contributed by atoms with E-state index in [1.165, 1.54) is 6.20 Å². The van der Waals surface area contributed by atoms with Gasteiger partial charge in [-0.05, 0) is 24.3 Å². The Bertz CT molecular complexity index is 1280. The summed E-state index contributed by atoms with van der Waals surface area (Å²) in [5.41, 5.74) is 8.99. The number of nitrogens with zero attached hydrogens (tertiary/aromatic N) is 5. The van der Waals surface area contributed by atoms with Crippen molar-refractivity contribution in [2.24, 2.45) is 0 Å². The van der Waals surface area contributed by atoms with Crippen molar-refractivity contribution >= 4 is 39.2 Å². The molecule has 2 N–H and O–H groups in total. The predicted molar refractivity (Wildman–Crippen MR) is 107 cm³/mol. The molecule has 3 heterocycles. The molecule has 2 aromatic carbocycles. The number of nitrogen functional groups attached to an aromatic ring is 1. The molecule has 7 heteroatoms. The first kappa shape index (κ1) is 15.7. The Kier molecular flexibility index (Phi) is 3.51. The maximum atomic E-state index is 6.45. The number of rotatable bonds is 2. The summed E-state index contributed by atoms with van der Waals surface area (Å²) < 4.78 is 1.70. The van der Waals surface area contributed by atoms with Crippen molar-refractivity contribution in [2.75, 3.05) is 5.73 Å². The standard InChI is InChI=1S/C20H13ClN6/c21-15-9-14(8-12-5-3-7-23-18(12)15)19-20(25-17(22)10-24-19)27-11-13-4-1-2-6-16(13)26-27/h1-11H,(H2,22,25). The fourth-order valence-corrected chi connectivity index (χ4v) is 3.39. The highest BCUT2D eigenvalue weighted by molar-refractivity contribution is 6.35. The van der Waals surface area contributed by atoms with Gasteiger partial charge < -0.3 is 5.73 Å². The van der Waals surface area contributed by atoms with Gasteiger partial charge in [0.25, 0.3) is 0 Å². The van der Waals surface area contributed by atoms with Crippen molar-refractivity contribution in [3.05, 3.63) is 72.1 Å². The molecule has 27 heavy (non-hydrogen) atoms. The lowest BCUT2D eigenvalue weighted by molar-refractivity contribution is 0.856. The predicted octanol–water partition coefficient (Wildman–Crippen LogP) is 4.27. The van der Waals surface area contributed by atoms with Gasteiger partial charge in [-0.1, -0.05) is 35.9 Å². The Labute approximate surface area is 159 Å². The molecule has 0 unspecified atom stereocenters. The largest absolute Gasteiger partial charge is 0.382 e. The first-order valence-electron chi connectivity index (χ1n) is 8.31. The molecule has 0 atom stereocenters. The summed E-state index contributed by atoms with van der Waals surface area (Å²) in [7, 11) is 0. The average molecular weight is 373 g/mol. The molecule has 5 rings (SSSR count). The Morgan fingerprint density at radius 2 is 1.81 bits per heavy atom. The minimum absolute atomic E-state index is 0.321. The molecule has 0 fully saturated rings. The fourth-order valence-electron chi connectivity index (χ4n) is 3.11. The normalized spacial score (nSPS) is 11.3. The van der Waals surface area contributed by atoms with Crippen LogP contribution in [0.5, 0.6) is 0 Å². The molecule has 0 aliphatic heterocycles. The van der Waals surface area contributed by atoms with E-state index in [0.29, 0.717) is 22.4 Å². The number of benzene rings is 2. The molecule has 0 radical (unpaired) electrons. The van der Waals surface area contributed by atoms with Gasteiger partial charge in [-0.2, -0.15) is 5.10 Å². The number of hydrogen-bond acceptors (Lipinski definition) is 5. The molecule has 0 aliphatic carbocycles. The zero-order chi connectivity index (χ0) is 18.4. The molecule has 130 valence electrons. The number of nitrogens with two attached hydrogens (primary N) is 1. The van der Waals surface area contributed by atoms with E-state index in [1.807, 2.05) is 54.7 Å². The van der Waals surface area contributed by atoms with E-state index in [9.17, 15) is 0 Å². The molecule has 0 amide bonds. The van der Waals surface area contributed by atoms with Crippen LogP contribution in [0, 0.1) is 0 Å². The fraction of sp³-hybridized carbons (Fsp3) is 0. The van der Waals surface area contributed by atoms with Crippen molar-refractivity contribution in [2.45, 2.75) is 0 Å². The van der Waals surface area contributed by atoms with E-state index in [0.717, 1.165) is 27.4 Å². The van der Waals surface area contributed by atoms with Crippen LogP contribution in [0.25, 0.3) is 38.9 Å². The third kappa shape index (κ3) is 2.67. The third-order valence-electron chi connectivity index (χ3n) is 4.34. The van der Waals surface area contributed by atoms with Crippen molar-refractivity contribution in [1.29, 1.82) is 0 Å². The van der Waals surface area contributed by atoms with Gasteiger partial charge in [0, 0.05) is 28.7 Å². The maximum Gasteiger partial charge on any atom is 0.182 e. The van der Waals surface area contributed by atoms with Crippen LogP contribution >= 0.6 is 11.6 Å². The Morgan fingerprint density at radius 3 is 2.70 bits per heavy atom. The van der Waals surface area contributed by atoms with Gasteiger partial charge in [0.05, 0.1) is 22.3 Å². The highest BCUT2D eigenvalue weighted by Crippen LogP contribution is 2.31. The minimum Gasteiger partial charge on any atom is -0.382 e. The Hall–Kier alpha value is -3.51. The number of anilines is 1. The first-order chi connectivity index (χ1) is 13.2. The van der Waals surface area contributed by atoms with Crippen molar-refractivity contribution in [3.63, 3.8) is 0 Å². The minimum atomic E-state index is 0.321. The lowest BCUT2D eigenvalue weighted by atomic mass is 10.1. The van der Waals surface area contributed by atoms with Crippen LogP contribution < -0.4 is 5.73 Å². The summed E-state index contributed by atoms with van der Waals surface area (Å²) >= 11 is 6.45. The zero-order valence-corrected chi connectivity index (χ0v) is 14.8. The van der Waals surface area contributed by atoms with E-state index in [-0.39, 0.29) is 0 Å². The highest BCUT2D eigenvalue weighted by Gasteiger charge is 2.15. The molecule has 0 bridgehead atoms. The Morgan fingerprint density at radius 1 is 0.963 bits per heavy atom. The molecule has 0 spiro atoms. The van der Waals surface area contributed by atoms with Gasteiger partial charge in [0.15, 0.2) is 5.82 Å². The van der Waals surface area contributed by atoms with Crippen LogP contribution in [-0.4, -0.2) is 24.7 Å². The summed E-state index contributed by atoms with van der Waals surface area (Å²) in [5, 5.41) is 7.10. The highest BCUT2D eigenvalue weighted by atomic mass is 35.5. The van der Waals surface area contributed by atoms with Crippen LogP contribution in [-0.2, 0) is 0 Å². The van der Waals surface area contributed by atoms with E-state index < -0.39 is 0 Å². The number of fused-ring (bicyclic) bond motifs is 2.